The summed E-state index contributed by atoms with van der Waals surface area (Å²) in [6.45, 7) is -2.07. The average Bonchev–Trinajstić information content (AvgIpc) is 2.91. The minimum absolute atomic E-state index is 0.0448. The minimum atomic E-state index is -2.48. The topological polar surface area (TPSA) is 84.9 Å². The summed E-state index contributed by atoms with van der Waals surface area (Å²) in [7, 11) is 0. The number of aliphatic hydroxyl groups excluding tert-OH is 1. The Morgan fingerprint density at radius 1 is 1.43 bits per heavy atom. The Labute approximate surface area is 122 Å². The fourth-order valence-electron chi connectivity index (χ4n) is 2.88. The molecule has 0 radical (unpaired) electrons. The summed E-state index contributed by atoms with van der Waals surface area (Å²) in [5, 5.41) is 12.3. The summed E-state index contributed by atoms with van der Waals surface area (Å²) >= 11 is 0. The Bertz CT molecular complexity index is 552. The largest absolute Gasteiger partial charge is 0.617 e. The van der Waals surface area contributed by atoms with Crippen LogP contribution in [0, 0.1) is 5.82 Å². The van der Waals surface area contributed by atoms with E-state index in [0.717, 1.165) is 5.56 Å². The lowest BCUT2D eigenvalue weighted by atomic mass is 9.48. The van der Waals surface area contributed by atoms with Crippen LogP contribution >= 0.6 is 0 Å². The highest BCUT2D eigenvalue weighted by molar-refractivity contribution is 7.02. The summed E-state index contributed by atoms with van der Waals surface area (Å²) < 4.78 is 10.3. The van der Waals surface area contributed by atoms with Crippen molar-refractivity contribution in [2.45, 2.75) is 25.6 Å². The first kappa shape index (κ1) is 14.0. The third-order valence-electron chi connectivity index (χ3n) is 3.89. The van der Waals surface area contributed by atoms with Crippen LogP contribution in [-0.2, 0) is 20.5 Å². The van der Waals surface area contributed by atoms with Crippen molar-refractivity contribution in [1.82, 2.24) is 5.32 Å². The highest BCUT2D eigenvalue weighted by Gasteiger charge is 2.67. The van der Waals surface area contributed by atoms with Gasteiger partial charge in [-0.1, -0.05) is 30.3 Å². The summed E-state index contributed by atoms with van der Waals surface area (Å²) in [5.41, 5.74) is 1.10. The number of hydrogen-bond donors (Lipinski definition) is 2. The van der Waals surface area contributed by atoms with Crippen molar-refractivity contribution in [3.8, 4) is 0 Å². The van der Waals surface area contributed by atoms with Gasteiger partial charge < -0.3 is 24.5 Å². The summed E-state index contributed by atoms with van der Waals surface area (Å²) in [6.07, 6.45) is -0.182. The Morgan fingerprint density at radius 2 is 2.19 bits per heavy atom. The Balaban J connectivity index is 1.61. The molecule has 0 aromatic heterocycles. The number of amides is 1. The number of carbonyl (C=O) groups is 2. The molecule has 2 aliphatic heterocycles. The maximum Gasteiger partial charge on any atom is 0.589 e. The molecule has 6 nitrogen and oxygen atoms in total. The third-order valence-corrected chi connectivity index (χ3v) is 3.89. The lowest BCUT2D eigenvalue weighted by molar-refractivity contribution is -0.135. The molecule has 2 heterocycles. The number of hydrogen-bond acceptors (Lipinski definition) is 5. The van der Waals surface area contributed by atoms with E-state index >= 15 is 0 Å². The zero-order chi connectivity index (χ0) is 14.9. The summed E-state index contributed by atoms with van der Waals surface area (Å²) in [5.74, 6) is -0.400. The van der Waals surface area contributed by atoms with Crippen LogP contribution in [0.3, 0.4) is 0 Å². The van der Waals surface area contributed by atoms with E-state index in [4.69, 9.17) is 9.31 Å². The molecular weight excluding hydrogens is 273 g/mol. The van der Waals surface area contributed by atoms with Crippen LogP contribution in [0.15, 0.2) is 30.3 Å². The normalized spacial score (nSPS) is 27.4. The first-order chi connectivity index (χ1) is 10.1. The fraction of sp³-hybridized carbons (Fsp3) is 0.357. The molecule has 21 heavy (non-hydrogen) atoms. The molecule has 2 saturated heterocycles. The van der Waals surface area contributed by atoms with Gasteiger partial charge in [-0.25, -0.2) is 0 Å². The van der Waals surface area contributed by atoms with Crippen LogP contribution in [0.5, 0.6) is 0 Å². The number of benzene rings is 1. The third kappa shape index (κ3) is 2.62. The summed E-state index contributed by atoms with van der Waals surface area (Å²) in [6, 6.07) is 9.73. The molecule has 0 saturated carbocycles. The first-order valence-electron chi connectivity index (χ1n) is 6.99. The van der Waals surface area contributed by atoms with Crippen LogP contribution in [0.25, 0.3) is 0 Å². The first-order valence-corrected chi connectivity index (χ1v) is 6.99. The van der Waals surface area contributed by atoms with Crippen LogP contribution in [-0.4, -0.2) is 36.3 Å². The van der Waals surface area contributed by atoms with Gasteiger partial charge in [0.2, 0.25) is 0 Å². The van der Waals surface area contributed by atoms with E-state index in [0.29, 0.717) is 18.8 Å². The van der Waals surface area contributed by atoms with Crippen molar-refractivity contribution in [2.24, 2.45) is 0 Å². The van der Waals surface area contributed by atoms with Crippen LogP contribution < -0.4 is 5.32 Å². The second-order valence-corrected chi connectivity index (χ2v) is 5.36. The van der Waals surface area contributed by atoms with Crippen molar-refractivity contribution in [1.29, 1.82) is 0 Å². The van der Waals surface area contributed by atoms with Gasteiger partial charge in [-0.15, -0.1) is 0 Å². The molecular formula is C14H16BNO5. The van der Waals surface area contributed by atoms with Gasteiger partial charge in [0.15, 0.2) is 12.1 Å². The van der Waals surface area contributed by atoms with Crippen LogP contribution in [0.4, 0.5) is 4.79 Å². The Morgan fingerprint density at radius 3 is 2.95 bits per heavy atom. The molecule has 2 aliphatic rings. The number of rotatable bonds is 4. The molecule has 0 bridgehead atoms. The Kier molecular flexibility index (Phi) is 3.61. The van der Waals surface area contributed by atoms with E-state index < -0.39 is 24.6 Å². The van der Waals surface area contributed by atoms with E-state index in [-0.39, 0.29) is 12.8 Å². The molecule has 2 N–H and O–H groups in total. The SMILES string of the molecule is O=C1C[C+]2CC(O)O[B-]2(C(=O)NCCc2ccccc2)O1. The van der Waals surface area contributed by atoms with Gasteiger partial charge in [0.25, 0.3) is 0 Å². The van der Waals surface area contributed by atoms with Gasteiger partial charge in [-0.05, 0) is 17.8 Å². The van der Waals surface area contributed by atoms with Crippen LogP contribution in [0.2, 0.25) is 0 Å². The molecule has 7 heteroatoms. The fourth-order valence-corrected chi connectivity index (χ4v) is 2.88. The average molecular weight is 289 g/mol. The van der Waals surface area contributed by atoms with Crippen molar-refractivity contribution in [3.63, 3.8) is 0 Å². The predicted octanol–water partition coefficient (Wildman–Crippen LogP) is 0.762. The van der Waals surface area contributed by atoms with E-state index in [1.54, 1.807) is 0 Å². The smallest absolute Gasteiger partial charge is 0.589 e. The second kappa shape index (κ2) is 5.42. The lowest BCUT2D eigenvalue weighted by Crippen LogP contribution is -2.55. The van der Waals surface area contributed by atoms with Gasteiger partial charge in [0, 0.05) is 6.54 Å². The quantitative estimate of drug-likeness (QED) is 0.631. The lowest BCUT2D eigenvalue weighted by Gasteiger charge is -2.24. The number of nitrogens with one attached hydrogen (secondary N) is 1. The highest BCUT2D eigenvalue weighted by Crippen LogP contribution is 2.42. The van der Waals surface area contributed by atoms with Crippen molar-refractivity contribution < 1.29 is 24.0 Å². The molecule has 3 rings (SSSR count). The van der Waals surface area contributed by atoms with E-state index in [1.807, 2.05) is 30.3 Å². The second-order valence-electron chi connectivity index (χ2n) is 5.36. The summed E-state index contributed by atoms with van der Waals surface area (Å²) in [4.78, 5) is 23.7. The van der Waals surface area contributed by atoms with Crippen molar-refractivity contribution >= 4 is 18.3 Å². The molecule has 1 aromatic rings. The minimum Gasteiger partial charge on any atom is -0.617 e. The van der Waals surface area contributed by atoms with Gasteiger partial charge in [-0.3, -0.25) is 4.79 Å². The molecule has 1 aromatic carbocycles. The molecule has 110 valence electrons. The molecule has 1 amide bonds. The number of fused-ring (bicyclic) bond motifs is 1. The van der Waals surface area contributed by atoms with Crippen molar-refractivity contribution in [2.75, 3.05) is 6.54 Å². The Hall–Kier alpha value is -1.99. The molecule has 0 spiro atoms. The monoisotopic (exact) mass is 289 g/mol. The van der Waals surface area contributed by atoms with E-state index in [2.05, 4.69) is 5.32 Å². The maximum atomic E-state index is 12.3. The molecule has 2 atom stereocenters. The zero-order valence-electron chi connectivity index (χ0n) is 11.5. The van der Waals surface area contributed by atoms with Gasteiger partial charge >= 0.3 is 12.5 Å². The standard InChI is InChI=1S/C14H16BNO5/c17-12-8-11-9-13(18)21-15(11,20-12)14(19)16-7-6-10-4-2-1-3-5-10/h1-5,12,17H,6-9H2,(H,16,19). The highest BCUT2D eigenvalue weighted by atomic mass is 16.7. The van der Waals surface area contributed by atoms with Crippen molar-refractivity contribution in [3.05, 3.63) is 41.7 Å². The molecule has 2 fully saturated rings. The zero-order valence-corrected chi connectivity index (χ0v) is 11.5. The maximum absolute atomic E-state index is 12.3. The van der Waals surface area contributed by atoms with E-state index in [1.165, 1.54) is 0 Å². The molecule has 0 aliphatic carbocycles. The number of carbonyl (C=O) groups excluding carboxylic acids is 2. The predicted molar refractivity (Wildman–Crippen MR) is 75.0 cm³/mol. The van der Waals surface area contributed by atoms with Gasteiger partial charge in [0.05, 0.1) is 6.42 Å². The molecule has 2 unspecified atom stereocenters. The van der Waals surface area contributed by atoms with Gasteiger partial charge in [0.1, 0.15) is 6.42 Å². The van der Waals surface area contributed by atoms with Crippen LogP contribution in [0.1, 0.15) is 18.4 Å². The van der Waals surface area contributed by atoms with E-state index in [9.17, 15) is 14.7 Å². The number of aliphatic hydroxyl groups is 1. The van der Waals surface area contributed by atoms with Gasteiger partial charge in [-0.2, -0.15) is 0 Å².